The monoisotopic (exact) mass is 329 g/mol. The first-order valence-corrected chi connectivity index (χ1v) is 9.28. The van der Waals surface area contributed by atoms with Gasteiger partial charge in [0, 0.05) is 17.8 Å². The van der Waals surface area contributed by atoms with Crippen LogP contribution in [0.4, 0.5) is 0 Å². The van der Waals surface area contributed by atoms with Gasteiger partial charge in [-0.25, -0.2) is 8.42 Å². The SMILES string of the molecule is CS(=O)(=O)C1(c2nc(-c3nccc4ccccc34)no2)CCC1. The van der Waals surface area contributed by atoms with Crippen LogP contribution in [0, 0.1) is 0 Å². The van der Waals surface area contributed by atoms with Crippen molar-refractivity contribution in [1.29, 1.82) is 0 Å². The molecule has 0 spiro atoms. The molecule has 1 aromatic carbocycles. The van der Waals surface area contributed by atoms with Crippen LogP contribution in [0.1, 0.15) is 25.2 Å². The van der Waals surface area contributed by atoms with Crippen molar-refractivity contribution in [1.82, 2.24) is 15.1 Å². The minimum atomic E-state index is -3.31. The minimum Gasteiger partial charge on any atom is -0.337 e. The molecule has 0 N–H and O–H groups in total. The molecule has 0 radical (unpaired) electrons. The molecule has 3 aromatic rings. The maximum atomic E-state index is 12.2. The number of hydrogen-bond acceptors (Lipinski definition) is 6. The number of fused-ring (bicyclic) bond motifs is 1. The lowest BCUT2D eigenvalue weighted by Crippen LogP contribution is -2.42. The molecular weight excluding hydrogens is 314 g/mol. The summed E-state index contributed by atoms with van der Waals surface area (Å²) in [6, 6.07) is 9.68. The van der Waals surface area contributed by atoms with Crippen molar-refractivity contribution in [2.45, 2.75) is 24.0 Å². The molecule has 2 heterocycles. The molecule has 0 atom stereocenters. The zero-order valence-corrected chi connectivity index (χ0v) is 13.4. The van der Waals surface area contributed by atoms with Crippen molar-refractivity contribution in [3.05, 3.63) is 42.4 Å². The number of aromatic nitrogens is 3. The Balaban J connectivity index is 1.85. The van der Waals surface area contributed by atoms with E-state index in [4.69, 9.17) is 4.52 Å². The second-order valence-electron chi connectivity index (χ2n) is 5.92. The maximum Gasteiger partial charge on any atom is 0.248 e. The van der Waals surface area contributed by atoms with E-state index in [2.05, 4.69) is 15.1 Å². The Morgan fingerprint density at radius 1 is 1.17 bits per heavy atom. The van der Waals surface area contributed by atoms with Crippen molar-refractivity contribution in [3.63, 3.8) is 0 Å². The number of sulfone groups is 1. The third-order valence-electron chi connectivity index (χ3n) is 4.57. The summed E-state index contributed by atoms with van der Waals surface area (Å²) in [6.07, 6.45) is 4.81. The van der Waals surface area contributed by atoms with Crippen molar-refractivity contribution in [3.8, 4) is 11.5 Å². The van der Waals surface area contributed by atoms with Gasteiger partial charge in [-0.05, 0) is 30.7 Å². The van der Waals surface area contributed by atoms with E-state index in [1.807, 2.05) is 30.3 Å². The fourth-order valence-corrected chi connectivity index (χ4v) is 4.47. The third-order valence-corrected chi connectivity index (χ3v) is 6.57. The molecule has 0 amide bonds. The molecule has 7 heteroatoms. The maximum absolute atomic E-state index is 12.2. The first-order valence-electron chi connectivity index (χ1n) is 7.39. The Kier molecular flexibility index (Phi) is 3.02. The van der Waals surface area contributed by atoms with E-state index in [0.717, 1.165) is 17.2 Å². The molecule has 0 bridgehead atoms. The van der Waals surface area contributed by atoms with Crippen LogP contribution in [0.25, 0.3) is 22.3 Å². The smallest absolute Gasteiger partial charge is 0.248 e. The quantitative estimate of drug-likeness (QED) is 0.734. The summed E-state index contributed by atoms with van der Waals surface area (Å²) in [5.41, 5.74) is 0.598. The molecule has 6 nitrogen and oxygen atoms in total. The summed E-state index contributed by atoms with van der Waals surface area (Å²) in [6.45, 7) is 0. The zero-order valence-electron chi connectivity index (χ0n) is 12.6. The lowest BCUT2D eigenvalue weighted by molar-refractivity contribution is 0.251. The van der Waals surface area contributed by atoms with Gasteiger partial charge in [0.15, 0.2) is 14.6 Å². The van der Waals surface area contributed by atoms with Crippen LogP contribution in [0.5, 0.6) is 0 Å². The van der Waals surface area contributed by atoms with Gasteiger partial charge in [0.25, 0.3) is 0 Å². The summed E-state index contributed by atoms with van der Waals surface area (Å²) in [5, 5.41) is 5.91. The highest BCUT2D eigenvalue weighted by molar-refractivity contribution is 7.91. The Bertz CT molecular complexity index is 985. The largest absolute Gasteiger partial charge is 0.337 e. The molecule has 1 aliphatic rings. The van der Waals surface area contributed by atoms with E-state index >= 15 is 0 Å². The summed E-state index contributed by atoms with van der Waals surface area (Å²) in [4.78, 5) is 8.72. The molecule has 118 valence electrons. The van der Waals surface area contributed by atoms with Gasteiger partial charge >= 0.3 is 0 Å². The molecule has 4 rings (SSSR count). The zero-order chi connectivity index (χ0) is 16.1. The first kappa shape index (κ1) is 14.3. The van der Waals surface area contributed by atoms with Crippen molar-refractivity contribution in [2.75, 3.05) is 6.26 Å². The fraction of sp³-hybridized carbons (Fsp3) is 0.312. The van der Waals surface area contributed by atoms with Crippen LogP contribution in [-0.2, 0) is 14.6 Å². The molecule has 0 unspecified atom stereocenters. The van der Waals surface area contributed by atoms with Gasteiger partial charge in [-0.15, -0.1) is 0 Å². The highest BCUT2D eigenvalue weighted by Gasteiger charge is 2.52. The summed E-state index contributed by atoms with van der Waals surface area (Å²) in [5.74, 6) is 0.503. The average molecular weight is 329 g/mol. The van der Waals surface area contributed by atoms with E-state index in [1.165, 1.54) is 6.26 Å². The lowest BCUT2D eigenvalue weighted by Gasteiger charge is -2.36. The molecule has 1 fully saturated rings. The number of benzene rings is 1. The number of pyridine rings is 1. The standard InChI is InChI=1S/C16H15N3O3S/c1-23(20,21)16(8-4-9-16)15-18-14(19-22-15)13-12-6-3-2-5-11(12)7-10-17-13/h2-3,5-7,10H,4,8-9H2,1H3. The topological polar surface area (TPSA) is 86.0 Å². The summed E-state index contributed by atoms with van der Waals surface area (Å²) >= 11 is 0. The van der Waals surface area contributed by atoms with Gasteiger partial charge < -0.3 is 4.52 Å². The predicted octanol–water partition coefficient (Wildman–Crippen LogP) is 2.71. The van der Waals surface area contributed by atoms with Crippen LogP contribution in [0.3, 0.4) is 0 Å². The van der Waals surface area contributed by atoms with E-state index in [-0.39, 0.29) is 5.89 Å². The van der Waals surface area contributed by atoms with Gasteiger partial charge in [-0.1, -0.05) is 29.4 Å². The van der Waals surface area contributed by atoms with Crippen molar-refractivity contribution >= 4 is 20.6 Å². The van der Waals surface area contributed by atoms with E-state index in [9.17, 15) is 8.42 Å². The lowest BCUT2D eigenvalue weighted by atomic mass is 9.84. The van der Waals surface area contributed by atoms with Gasteiger partial charge in [0.1, 0.15) is 5.69 Å². The highest BCUT2D eigenvalue weighted by Crippen LogP contribution is 2.47. The molecule has 1 aliphatic carbocycles. The van der Waals surface area contributed by atoms with E-state index in [0.29, 0.717) is 24.4 Å². The second kappa shape index (κ2) is 4.86. The number of rotatable bonds is 3. The van der Waals surface area contributed by atoms with Crippen LogP contribution < -0.4 is 0 Å². The van der Waals surface area contributed by atoms with Crippen LogP contribution in [0.15, 0.2) is 41.1 Å². The second-order valence-corrected chi connectivity index (χ2v) is 8.25. The van der Waals surface area contributed by atoms with Gasteiger partial charge in [0.05, 0.1) is 0 Å². The van der Waals surface area contributed by atoms with E-state index < -0.39 is 14.6 Å². The highest BCUT2D eigenvalue weighted by atomic mass is 32.2. The molecular formula is C16H15N3O3S. The van der Waals surface area contributed by atoms with Crippen LogP contribution >= 0.6 is 0 Å². The summed E-state index contributed by atoms with van der Waals surface area (Å²) < 4.78 is 28.6. The normalized spacial score (nSPS) is 17.1. The molecule has 0 aliphatic heterocycles. The Labute approximate surface area is 133 Å². The fourth-order valence-electron chi connectivity index (χ4n) is 3.04. The molecule has 1 saturated carbocycles. The first-order chi connectivity index (χ1) is 11.0. The molecule has 0 saturated heterocycles. The summed E-state index contributed by atoms with van der Waals surface area (Å²) in [7, 11) is -3.31. The molecule has 23 heavy (non-hydrogen) atoms. The Hall–Kier alpha value is -2.28. The van der Waals surface area contributed by atoms with Gasteiger partial charge in [-0.3, -0.25) is 4.98 Å². The van der Waals surface area contributed by atoms with Crippen LogP contribution in [0.2, 0.25) is 0 Å². The van der Waals surface area contributed by atoms with Gasteiger partial charge in [-0.2, -0.15) is 4.98 Å². The Morgan fingerprint density at radius 3 is 2.65 bits per heavy atom. The molecule has 2 aromatic heterocycles. The number of nitrogens with zero attached hydrogens (tertiary/aromatic N) is 3. The Morgan fingerprint density at radius 2 is 1.96 bits per heavy atom. The predicted molar refractivity (Wildman–Crippen MR) is 85.4 cm³/mol. The van der Waals surface area contributed by atoms with Crippen molar-refractivity contribution in [2.24, 2.45) is 0 Å². The minimum absolute atomic E-state index is 0.177. The third kappa shape index (κ3) is 2.07. The van der Waals surface area contributed by atoms with Crippen LogP contribution in [-0.4, -0.2) is 29.8 Å². The average Bonchev–Trinajstić information content (AvgIpc) is 2.93. The van der Waals surface area contributed by atoms with Crippen molar-refractivity contribution < 1.29 is 12.9 Å². The van der Waals surface area contributed by atoms with Gasteiger partial charge in [0.2, 0.25) is 11.7 Å². The number of hydrogen-bond donors (Lipinski definition) is 0. The van der Waals surface area contributed by atoms with E-state index in [1.54, 1.807) is 6.20 Å².